The van der Waals surface area contributed by atoms with Crippen molar-refractivity contribution in [3.8, 4) is 22.4 Å². The van der Waals surface area contributed by atoms with Gasteiger partial charge in [-0.25, -0.2) is 9.37 Å². The lowest BCUT2D eigenvalue weighted by Gasteiger charge is -2.26. The molecular weight excluding hydrogens is 469 g/mol. The van der Waals surface area contributed by atoms with E-state index < -0.39 is 11.8 Å². The van der Waals surface area contributed by atoms with E-state index in [9.17, 15) is 14.0 Å². The van der Waals surface area contributed by atoms with E-state index in [1.807, 2.05) is 30.3 Å². The van der Waals surface area contributed by atoms with Crippen molar-refractivity contribution < 1.29 is 14.0 Å². The lowest BCUT2D eigenvalue weighted by molar-refractivity contribution is -0.123. The number of aromatic nitrogens is 3. The number of halogens is 1. The molecule has 6 rings (SSSR count). The van der Waals surface area contributed by atoms with Gasteiger partial charge in [-0.3, -0.25) is 19.0 Å². The average Bonchev–Trinajstić information content (AvgIpc) is 3.56. The number of pyridine rings is 2. The van der Waals surface area contributed by atoms with Crippen LogP contribution in [0.3, 0.4) is 0 Å². The molecule has 2 aliphatic rings. The summed E-state index contributed by atoms with van der Waals surface area (Å²) in [6.07, 6.45) is 9.27. The molecule has 0 saturated heterocycles. The molecule has 2 amide bonds. The van der Waals surface area contributed by atoms with Crippen LogP contribution in [0, 0.1) is 36.4 Å². The summed E-state index contributed by atoms with van der Waals surface area (Å²) < 4.78 is 15.6. The predicted molar refractivity (Wildman–Crippen MR) is 138 cm³/mol. The summed E-state index contributed by atoms with van der Waals surface area (Å²) in [5.41, 5.74) is 10.3. The van der Waals surface area contributed by atoms with E-state index in [2.05, 4.69) is 28.3 Å². The fraction of sp³-hybridized carbons (Fsp3) is 0.241. The summed E-state index contributed by atoms with van der Waals surface area (Å²) in [4.78, 5) is 34.4. The van der Waals surface area contributed by atoms with Crippen LogP contribution in [0.25, 0.3) is 27.9 Å². The third kappa shape index (κ3) is 3.71. The Bertz CT molecular complexity index is 1590. The molecular formula is C29H26FN5O2. The zero-order chi connectivity index (χ0) is 25.8. The molecule has 8 heteroatoms. The predicted octanol–water partition coefficient (Wildman–Crippen LogP) is 4.16. The maximum atomic E-state index is 13.8. The van der Waals surface area contributed by atoms with Crippen LogP contribution in [0.1, 0.15) is 23.1 Å². The average molecular weight is 496 g/mol. The van der Waals surface area contributed by atoms with Gasteiger partial charge >= 0.3 is 0 Å². The third-order valence-corrected chi connectivity index (χ3v) is 7.90. The Balaban J connectivity index is 1.31. The molecule has 0 spiro atoms. The zero-order valence-corrected chi connectivity index (χ0v) is 20.4. The molecule has 2 unspecified atom stereocenters. The van der Waals surface area contributed by atoms with E-state index in [4.69, 9.17) is 5.73 Å². The van der Waals surface area contributed by atoms with E-state index in [1.165, 1.54) is 6.07 Å². The molecule has 37 heavy (non-hydrogen) atoms. The van der Waals surface area contributed by atoms with Crippen LogP contribution in [-0.4, -0.2) is 32.2 Å². The molecule has 3 N–H and O–H groups in total. The summed E-state index contributed by atoms with van der Waals surface area (Å²) in [6.45, 7) is 3.81. The molecule has 1 aromatic carbocycles. The number of aryl methyl sites for hydroxylation is 1. The number of rotatable bonds is 5. The normalized spacial score (nSPS) is 24.0. The zero-order valence-electron chi connectivity index (χ0n) is 20.4. The first-order chi connectivity index (χ1) is 17.8. The number of carbonyl (C=O) groups is 2. The molecule has 3 aromatic heterocycles. The number of carbonyl (C=O) groups excluding carboxylic acids is 2. The quantitative estimate of drug-likeness (QED) is 0.406. The van der Waals surface area contributed by atoms with E-state index in [-0.39, 0.29) is 41.3 Å². The van der Waals surface area contributed by atoms with E-state index in [0.717, 1.165) is 27.9 Å². The second-order valence-corrected chi connectivity index (χ2v) is 9.98. The first-order valence-electron chi connectivity index (χ1n) is 12.3. The minimum atomic E-state index is -0.425. The number of nitrogens with two attached hydrogens (primary N) is 1. The highest BCUT2D eigenvalue weighted by atomic mass is 19.1. The number of benzene rings is 1. The minimum absolute atomic E-state index is 0.0472. The molecule has 2 aliphatic carbocycles. The number of nitrogens with zero attached hydrogens (tertiary/aromatic N) is 3. The summed E-state index contributed by atoms with van der Waals surface area (Å²) in [6, 6.07) is 12.3. The fourth-order valence-electron chi connectivity index (χ4n) is 6.00. The van der Waals surface area contributed by atoms with Crippen molar-refractivity contribution in [3.63, 3.8) is 0 Å². The standard InChI is InChI=1S/C29H26FN5O2/c1-15-12-18(5-8-23(15)30)25-22(4-3-10-32-25)17-9-11-35-19(13-17)14-33-28(35)29(37)34-26-21-7-6-20(16(21)2)24(26)27(31)36/h3-14,16,20-21,24,26H,1-2H3,(H2,31,36)(H,34,37)/t16-,20?,21?,24-,26+/m0/s1. The maximum Gasteiger partial charge on any atom is 0.287 e. The van der Waals surface area contributed by atoms with Crippen LogP contribution in [0.4, 0.5) is 4.39 Å². The lowest BCUT2D eigenvalue weighted by atomic mass is 9.88. The number of hydrogen-bond donors (Lipinski definition) is 2. The number of fused-ring (bicyclic) bond motifs is 3. The smallest absolute Gasteiger partial charge is 0.287 e. The van der Waals surface area contributed by atoms with Gasteiger partial charge in [-0.15, -0.1) is 0 Å². The molecule has 2 bridgehead atoms. The Kier molecular flexibility index (Phi) is 5.40. The van der Waals surface area contributed by atoms with E-state index in [1.54, 1.807) is 42.0 Å². The number of nitrogens with one attached hydrogen (secondary N) is 1. The maximum absolute atomic E-state index is 13.8. The number of primary amides is 1. The summed E-state index contributed by atoms with van der Waals surface area (Å²) in [7, 11) is 0. The van der Waals surface area contributed by atoms with Gasteiger partial charge in [0.15, 0.2) is 0 Å². The molecule has 1 fully saturated rings. The minimum Gasteiger partial charge on any atom is -0.369 e. The molecule has 186 valence electrons. The van der Waals surface area contributed by atoms with Gasteiger partial charge in [0.2, 0.25) is 11.7 Å². The van der Waals surface area contributed by atoms with Crippen molar-refractivity contribution in [2.75, 3.05) is 0 Å². The van der Waals surface area contributed by atoms with Crippen molar-refractivity contribution in [1.82, 2.24) is 19.7 Å². The topological polar surface area (TPSA) is 102 Å². The second-order valence-electron chi connectivity index (χ2n) is 9.98. The molecule has 0 aliphatic heterocycles. The van der Waals surface area contributed by atoms with Gasteiger partial charge < -0.3 is 11.1 Å². The summed E-state index contributed by atoms with van der Waals surface area (Å²) >= 11 is 0. The van der Waals surface area contributed by atoms with Crippen LogP contribution < -0.4 is 11.1 Å². The Labute approximate surface area is 213 Å². The SMILES string of the molecule is Cc1cc(-c2ncccc2-c2ccn3c(C(=O)N[C@@H]4C5C=CC([C@@H]5C)[C@@H]4C(N)=O)ncc3c2)ccc1F. The summed E-state index contributed by atoms with van der Waals surface area (Å²) in [5.74, 6) is -0.812. The lowest BCUT2D eigenvalue weighted by Crippen LogP contribution is -2.48. The van der Waals surface area contributed by atoms with Gasteiger partial charge in [0.25, 0.3) is 5.91 Å². The van der Waals surface area contributed by atoms with Crippen LogP contribution in [0.2, 0.25) is 0 Å². The molecule has 0 radical (unpaired) electrons. The molecule has 4 aromatic rings. The highest BCUT2D eigenvalue weighted by Crippen LogP contribution is 2.48. The highest BCUT2D eigenvalue weighted by Gasteiger charge is 2.52. The fourth-order valence-corrected chi connectivity index (χ4v) is 6.00. The van der Waals surface area contributed by atoms with Crippen LogP contribution in [0.5, 0.6) is 0 Å². The molecule has 7 nitrogen and oxygen atoms in total. The first-order valence-corrected chi connectivity index (χ1v) is 12.3. The van der Waals surface area contributed by atoms with Crippen molar-refractivity contribution in [1.29, 1.82) is 0 Å². The van der Waals surface area contributed by atoms with E-state index >= 15 is 0 Å². The third-order valence-electron chi connectivity index (χ3n) is 7.90. The van der Waals surface area contributed by atoms with Crippen molar-refractivity contribution in [2.24, 2.45) is 29.4 Å². The van der Waals surface area contributed by atoms with Crippen molar-refractivity contribution in [2.45, 2.75) is 19.9 Å². The number of allylic oxidation sites excluding steroid dienone is 1. The number of imidazole rings is 1. The van der Waals surface area contributed by atoms with Crippen LogP contribution in [-0.2, 0) is 4.79 Å². The van der Waals surface area contributed by atoms with Crippen molar-refractivity contribution >= 4 is 17.3 Å². The number of amides is 2. The summed E-state index contributed by atoms with van der Waals surface area (Å²) in [5, 5.41) is 3.04. The van der Waals surface area contributed by atoms with Gasteiger partial charge in [-0.05, 0) is 66.3 Å². The number of hydrogen-bond acceptors (Lipinski definition) is 4. The Morgan fingerprint density at radius 3 is 2.65 bits per heavy atom. The Hall–Kier alpha value is -4.33. The van der Waals surface area contributed by atoms with Gasteiger partial charge in [-0.1, -0.05) is 25.1 Å². The Morgan fingerprint density at radius 1 is 1.05 bits per heavy atom. The van der Waals surface area contributed by atoms with E-state index in [0.29, 0.717) is 5.56 Å². The molecule has 3 heterocycles. The van der Waals surface area contributed by atoms with Gasteiger partial charge in [0, 0.05) is 35.5 Å². The molecule has 1 saturated carbocycles. The van der Waals surface area contributed by atoms with Gasteiger partial charge in [0.1, 0.15) is 5.82 Å². The Morgan fingerprint density at radius 2 is 1.86 bits per heavy atom. The largest absolute Gasteiger partial charge is 0.369 e. The second kappa shape index (κ2) is 8.65. The molecule has 5 atom stereocenters. The monoisotopic (exact) mass is 495 g/mol. The van der Waals surface area contributed by atoms with Gasteiger partial charge in [0.05, 0.1) is 23.3 Å². The van der Waals surface area contributed by atoms with Crippen LogP contribution in [0.15, 0.2) is 73.2 Å². The van der Waals surface area contributed by atoms with Crippen LogP contribution >= 0.6 is 0 Å². The first kappa shape index (κ1) is 23.1. The van der Waals surface area contributed by atoms with Gasteiger partial charge in [-0.2, -0.15) is 0 Å². The highest BCUT2D eigenvalue weighted by molar-refractivity contribution is 5.93. The van der Waals surface area contributed by atoms with Crippen molar-refractivity contribution in [3.05, 3.63) is 90.4 Å².